The Kier molecular flexibility index (Phi) is 3.93. The molecule has 4 heteroatoms. The predicted octanol–water partition coefficient (Wildman–Crippen LogP) is 1.45. The van der Waals surface area contributed by atoms with E-state index < -0.39 is 0 Å². The lowest BCUT2D eigenvalue weighted by Crippen LogP contribution is -2.55. The van der Waals surface area contributed by atoms with Crippen LogP contribution in [0.5, 0.6) is 0 Å². The van der Waals surface area contributed by atoms with E-state index in [-0.39, 0.29) is 0 Å². The Morgan fingerprint density at radius 2 is 1.67 bits per heavy atom. The maximum absolute atomic E-state index is 5.42. The average molecular weight is 230 g/mol. The van der Waals surface area contributed by atoms with E-state index in [1.54, 1.807) is 0 Å². The van der Waals surface area contributed by atoms with Crippen LogP contribution >= 0.6 is 11.9 Å². The first-order chi connectivity index (χ1) is 7.24. The molecule has 0 aromatic carbocycles. The molecule has 0 bridgehead atoms. The van der Waals surface area contributed by atoms with Crippen molar-refractivity contribution in [3.63, 3.8) is 0 Å². The molecule has 2 aliphatic rings. The monoisotopic (exact) mass is 230 g/mol. The van der Waals surface area contributed by atoms with E-state index in [0.717, 1.165) is 26.3 Å². The van der Waals surface area contributed by atoms with Crippen LogP contribution < -0.4 is 0 Å². The van der Waals surface area contributed by atoms with Gasteiger partial charge in [-0.25, -0.2) is 0 Å². The van der Waals surface area contributed by atoms with Crippen LogP contribution in [-0.4, -0.2) is 60.4 Å². The predicted molar refractivity (Wildman–Crippen MR) is 65.1 cm³/mol. The Balaban J connectivity index is 1.89. The van der Waals surface area contributed by atoms with Crippen molar-refractivity contribution in [3.8, 4) is 0 Å². The molecule has 2 saturated heterocycles. The number of piperidine rings is 1. The van der Waals surface area contributed by atoms with Gasteiger partial charge in [0.05, 0.1) is 13.2 Å². The first kappa shape index (κ1) is 11.7. The maximum Gasteiger partial charge on any atom is 0.0594 e. The summed E-state index contributed by atoms with van der Waals surface area (Å²) in [5, 5.41) is 0. The van der Waals surface area contributed by atoms with Crippen LogP contribution in [0.3, 0.4) is 0 Å². The van der Waals surface area contributed by atoms with Crippen molar-refractivity contribution in [1.29, 1.82) is 0 Å². The molecule has 88 valence electrons. The van der Waals surface area contributed by atoms with Gasteiger partial charge in [-0.3, -0.25) is 9.21 Å². The zero-order valence-corrected chi connectivity index (χ0v) is 10.7. The highest BCUT2D eigenvalue weighted by Gasteiger charge is 2.35. The largest absolute Gasteiger partial charge is 0.379 e. The van der Waals surface area contributed by atoms with Gasteiger partial charge < -0.3 is 4.74 Å². The third kappa shape index (κ3) is 2.67. The third-order valence-corrected chi connectivity index (χ3v) is 4.71. The summed E-state index contributed by atoms with van der Waals surface area (Å²) < 4.78 is 7.90. The Bertz CT molecular complexity index is 199. The number of nitrogens with zero attached hydrogens (tertiary/aromatic N) is 2. The van der Waals surface area contributed by atoms with Gasteiger partial charge in [0.2, 0.25) is 0 Å². The van der Waals surface area contributed by atoms with E-state index >= 15 is 0 Å². The Morgan fingerprint density at radius 3 is 2.20 bits per heavy atom. The van der Waals surface area contributed by atoms with E-state index in [4.69, 9.17) is 4.74 Å². The van der Waals surface area contributed by atoms with Gasteiger partial charge in [-0.2, -0.15) is 0 Å². The van der Waals surface area contributed by atoms with Crippen LogP contribution in [0.25, 0.3) is 0 Å². The fourth-order valence-electron chi connectivity index (χ4n) is 2.57. The number of hydrogen-bond acceptors (Lipinski definition) is 4. The van der Waals surface area contributed by atoms with Crippen LogP contribution in [0.2, 0.25) is 0 Å². The third-order valence-electron chi connectivity index (χ3n) is 3.83. The van der Waals surface area contributed by atoms with Crippen molar-refractivity contribution >= 4 is 11.9 Å². The molecule has 0 unspecified atom stereocenters. The van der Waals surface area contributed by atoms with Crippen molar-refractivity contribution in [1.82, 2.24) is 9.21 Å². The highest BCUT2D eigenvalue weighted by molar-refractivity contribution is 7.96. The molecule has 0 aromatic heterocycles. The minimum Gasteiger partial charge on any atom is -0.379 e. The number of rotatable bonds is 2. The number of hydrogen-bond donors (Lipinski definition) is 0. The van der Waals surface area contributed by atoms with E-state index in [9.17, 15) is 0 Å². The van der Waals surface area contributed by atoms with E-state index in [0.29, 0.717) is 5.54 Å². The smallest absolute Gasteiger partial charge is 0.0594 e. The van der Waals surface area contributed by atoms with Gasteiger partial charge in [0.25, 0.3) is 0 Å². The second-order valence-electron chi connectivity index (χ2n) is 4.71. The molecule has 0 spiro atoms. The van der Waals surface area contributed by atoms with Crippen molar-refractivity contribution < 1.29 is 4.74 Å². The van der Waals surface area contributed by atoms with E-state index in [1.165, 1.54) is 25.9 Å². The summed E-state index contributed by atoms with van der Waals surface area (Å²) in [6.45, 7) is 8.97. The van der Waals surface area contributed by atoms with Gasteiger partial charge in [0.15, 0.2) is 0 Å². The van der Waals surface area contributed by atoms with Crippen molar-refractivity contribution in [2.45, 2.75) is 25.3 Å². The highest BCUT2D eigenvalue weighted by Crippen LogP contribution is 2.30. The van der Waals surface area contributed by atoms with Crippen molar-refractivity contribution in [2.24, 2.45) is 0 Å². The van der Waals surface area contributed by atoms with E-state index in [2.05, 4.69) is 22.4 Å². The summed E-state index contributed by atoms with van der Waals surface area (Å²) in [6.07, 6.45) is 4.78. The van der Waals surface area contributed by atoms with Crippen LogP contribution in [0.1, 0.15) is 19.8 Å². The molecule has 2 fully saturated rings. The van der Waals surface area contributed by atoms with Gasteiger partial charge in [-0.15, -0.1) is 0 Å². The standard InChI is InChI=1S/C11H22N2OS/c1-11(12-7-9-14-10-8-12)3-5-13(15-2)6-4-11/h3-10H2,1-2H3. The summed E-state index contributed by atoms with van der Waals surface area (Å²) in [5.41, 5.74) is 0.427. The van der Waals surface area contributed by atoms with Crippen LogP contribution in [0.4, 0.5) is 0 Å². The fourth-order valence-corrected chi connectivity index (χ4v) is 3.12. The lowest BCUT2D eigenvalue weighted by Gasteiger charge is -2.47. The Labute approximate surface area is 97.3 Å². The normalized spacial score (nSPS) is 29.2. The molecular formula is C11H22N2OS. The Morgan fingerprint density at radius 1 is 1.07 bits per heavy atom. The molecule has 0 saturated carbocycles. The number of morpholine rings is 1. The quantitative estimate of drug-likeness (QED) is 0.667. The highest BCUT2D eigenvalue weighted by atomic mass is 32.2. The first-order valence-electron chi connectivity index (χ1n) is 5.86. The molecule has 2 heterocycles. The molecule has 0 amide bonds. The SMILES string of the molecule is CSN1CCC(C)(N2CCOCC2)CC1. The van der Waals surface area contributed by atoms with Crippen LogP contribution in [0, 0.1) is 0 Å². The molecule has 0 N–H and O–H groups in total. The molecule has 0 aliphatic carbocycles. The second-order valence-corrected chi connectivity index (χ2v) is 5.59. The molecule has 15 heavy (non-hydrogen) atoms. The molecule has 2 aliphatic heterocycles. The molecule has 0 atom stereocenters. The fraction of sp³-hybridized carbons (Fsp3) is 1.00. The van der Waals surface area contributed by atoms with Crippen LogP contribution in [0.15, 0.2) is 0 Å². The van der Waals surface area contributed by atoms with Crippen molar-refractivity contribution in [2.75, 3.05) is 45.6 Å². The lowest BCUT2D eigenvalue weighted by atomic mass is 9.88. The summed E-state index contributed by atoms with van der Waals surface area (Å²) in [4.78, 5) is 2.63. The molecular weight excluding hydrogens is 208 g/mol. The van der Waals surface area contributed by atoms with Gasteiger partial charge in [-0.1, -0.05) is 11.9 Å². The first-order valence-corrected chi connectivity index (χ1v) is 7.05. The summed E-state index contributed by atoms with van der Waals surface area (Å²) in [7, 11) is 0. The summed E-state index contributed by atoms with van der Waals surface area (Å²) in [5.74, 6) is 0. The zero-order valence-electron chi connectivity index (χ0n) is 9.87. The van der Waals surface area contributed by atoms with Gasteiger partial charge in [0, 0.05) is 31.7 Å². The van der Waals surface area contributed by atoms with E-state index in [1.807, 2.05) is 11.9 Å². The summed E-state index contributed by atoms with van der Waals surface area (Å²) >= 11 is 1.88. The lowest BCUT2D eigenvalue weighted by molar-refractivity contribution is -0.0322. The summed E-state index contributed by atoms with van der Waals surface area (Å²) in [6, 6.07) is 0. The molecule has 2 rings (SSSR count). The molecule has 3 nitrogen and oxygen atoms in total. The van der Waals surface area contributed by atoms with Crippen LogP contribution in [-0.2, 0) is 4.74 Å². The minimum atomic E-state index is 0.427. The average Bonchev–Trinajstić information content (AvgIpc) is 2.31. The Hall–Kier alpha value is 0.230. The van der Waals surface area contributed by atoms with Gasteiger partial charge in [-0.05, 0) is 26.0 Å². The maximum atomic E-state index is 5.42. The van der Waals surface area contributed by atoms with Gasteiger partial charge >= 0.3 is 0 Å². The molecule has 0 aromatic rings. The zero-order chi connectivity index (χ0) is 10.7. The van der Waals surface area contributed by atoms with Crippen molar-refractivity contribution in [3.05, 3.63) is 0 Å². The minimum absolute atomic E-state index is 0.427. The topological polar surface area (TPSA) is 15.7 Å². The van der Waals surface area contributed by atoms with Gasteiger partial charge in [0.1, 0.15) is 0 Å². The second kappa shape index (κ2) is 5.04. The number of ether oxygens (including phenoxy) is 1. The molecule has 0 radical (unpaired) electrons.